The van der Waals surface area contributed by atoms with Crippen LogP contribution in [-0.4, -0.2) is 16.1 Å². The van der Waals surface area contributed by atoms with Crippen LogP contribution >= 0.6 is 0 Å². The number of rotatable bonds is 5. The normalized spacial score (nSPS) is 25.6. The van der Waals surface area contributed by atoms with E-state index in [0.717, 1.165) is 24.7 Å². The number of benzene rings is 1. The molecular weight excluding hydrogens is 268 g/mol. The molecule has 5 heteroatoms. The van der Waals surface area contributed by atoms with Gasteiger partial charge in [0.15, 0.2) is 0 Å². The minimum Gasteiger partial charge on any atom is -0.392 e. The first-order valence-electron chi connectivity index (χ1n) is 7.82. The van der Waals surface area contributed by atoms with Crippen LogP contribution in [0.1, 0.15) is 44.1 Å². The highest BCUT2D eigenvalue weighted by Gasteiger charge is 2.35. The van der Waals surface area contributed by atoms with E-state index in [1.54, 1.807) is 12.1 Å². The molecule has 0 spiro atoms. The number of hydrogen-bond donors (Lipinski definition) is 2. The van der Waals surface area contributed by atoms with Crippen LogP contribution in [0.2, 0.25) is 0 Å². The Labute approximate surface area is 124 Å². The van der Waals surface area contributed by atoms with Gasteiger partial charge in [0.2, 0.25) is 0 Å². The van der Waals surface area contributed by atoms with Gasteiger partial charge in [0.05, 0.1) is 11.5 Å². The van der Waals surface area contributed by atoms with Gasteiger partial charge in [-0.1, -0.05) is 12.8 Å². The summed E-state index contributed by atoms with van der Waals surface area (Å²) < 4.78 is 0. The molecule has 2 N–H and O–H groups in total. The average Bonchev–Trinajstić information content (AvgIpc) is 3.32. The van der Waals surface area contributed by atoms with Crippen LogP contribution in [0.25, 0.3) is 0 Å². The zero-order chi connectivity index (χ0) is 14.8. The van der Waals surface area contributed by atoms with Crippen molar-refractivity contribution in [2.24, 2.45) is 11.8 Å². The largest absolute Gasteiger partial charge is 0.392 e. The number of nitro benzene ring substituents is 1. The van der Waals surface area contributed by atoms with E-state index in [1.165, 1.54) is 31.7 Å². The Hall–Kier alpha value is -1.62. The summed E-state index contributed by atoms with van der Waals surface area (Å²) in [6, 6.07) is 5.11. The van der Waals surface area contributed by atoms with E-state index in [1.807, 2.05) is 0 Å². The standard InChI is InChI=1S/C16H22N2O3/c19-10-11-4-7-16(18(20)21)15(8-11)17-14-3-1-2-13(9-14)12-5-6-12/h4,7-8,12-14,17,19H,1-3,5-6,9-10H2. The molecule has 0 saturated heterocycles. The third-order valence-corrected chi connectivity index (χ3v) is 4.80. The lowest BCUT2D eigenvalue weighted by Gasteiger charge is -2.30. The fourth-order valence-corrected chi connectivity index (χ4v) is 3.53. The molecule has 2 atom stereocenters. The molecular formula is C16H22N2O3. The summed E-state index contributed by atoms with van der Waals surface area (Å²) in [5, 5.41) is 23.7. The van der Waals surface area contributed by atoms with E-state index in [0.29, 0.717) is 17.3 Å². The molecule has 0 aliphatic heterocycles. The second-order valence-corrected chi connectivity index (χ2v) is 6.37. The van der Waals surface area contributed by atoms with Crippen molar-refractivity contribution in [1.82, 2.24) is 0 Å². The van der Waals surface area contributed by atoms with Crippen molar-refractivity contribution in [2.75, 3.05) is 5.32 Å². The van der Waals surface area contributed by atoms with E-state index >= 15 is 0 Å². The van der Waals surface area contributed by atoms with Crippen molar-refractivity contribution in [1.29, 1.82) is 0 Å². The van der Waals surface area contributed by atoms with Gasteiger partial charge in [0.25, 0.3) is 5.69 Å². The number of anilines is 1. The van der Waals surface area contributed by atoms with Crippen LogP contribution in [0.4, 0.5) is 11.4 Å². The quantitative estimate of drug-likeness (QED) is 0.643. The molecule has 114 valence electrons. The zero-order valence-electron chi connectivity index (χ0n) is 12.1. The van der Waals surface area contributed by atoms with Gasteiger partial charge in [0, 0.05) is 12.1 Å². The fraction of sp³-hybridized carbons (Fsp3) is 0.625. The maximum absolute atomic E-state index is 11.1. The lowest BCUT2D eigenvalue weighted by atomic mass is 9.82. The van der Waals surface area contributed by atoms with E-state index in [-0.39, 0.29) is 17.2 Å². The Kier molecular flexibility index (Phi) is 4.10. The number of aliphatic hydroxyl groups excluding tert-OH is 1. The topological polar surface area (TPSA) is 75.4 Å². The highest BCUT2D eigenvalue weighted by Crippen LogP contribution is 2.44. The zero-order valence-corrected chi connectivity index (χ0v) is 12.1. The van der Waals surface area contributed by atoms with Crippen LogP contribution in [0.15, 0.2) is 18.2 Å². The van der Waals surface area contributed by atoms with Gasteiger partial charge in [-0.3, -0.25) is 10.1 Å². The Morgan fingerprint density at radius 3 is 2.71 bits per heavy atom. The van der Waals surface area contributed by atoms with Crippen molar-refractivity contribution in [2.45, 2.75) is 51.2 Å². The van der Waals surface area contributed by atoms with Gasteiger partial charge in [-0.15, -0.1) is 0 Å². The van der Waals surface area contributed by atoms with Gasteiger partial charge >= 0.3 is 0 Å². The average molecular weight is 290 g/mol. The Bertz CT molecular complexity index is 528. The molecule has 2 saturated carbocycles. The van der Waals surface area contributed by atoms with E-state index in [2.05, 4.69) is 5.32 Å². The third-order valence-electron chi connectivity index (χ3n) is 4.80. The molecule has 0 heterocycles. The number of nitrogens with one attached hydrogen (secondary N) is 1. The summed E-state index contributed by atoms with van der Waals surface area (Å²) in [6.07, 6.45) is 7.41. The molecule has 0 bridgehead atoms. The first kappa shape index (κ1) is 14.3. The van der Waals surface area contributed by atoms with Crippen LogP contribution in [0.5, 0.6) is 0 Å². The lowest BCUT2D eigenvalue weighted by Crippen LogP contribution is -2.28. The van der Waals surface area contributed by atoms with Crippen LogP contribution in [0, 0.1) is 22.0 Å². The Morgan fingerprint density at radius 2 is 2.05 bits per heavy atom. The van der Waals surface area contributed by atoms with Gasteiger partial charge in [-0.05, 0) is 55.2 Å². The van der Waals surface area contributed by atoms with Crippen molar-refractivity contribution in [3.8, 4) is 0 Å². The summed E-state index contributed by atoms with van der Waals surface area (Å²) in [6.45, 7) is -0.0952. The van der Waals surface area contributed by atoms with Crippen molar-refractivity contribution in [3.05, 3.63) is 33.9 Å². The van der Waals surface area contributed by atoms with Crippen LogP contribution in [0.3, 0.4) is 0 Å². The fourth-order valence-electron chi connectivity index (χ4n) is 3.53. The highest BCUT2D eigenvalue weighted by atomic mass is 16.6. The molecule has 1 aromatic rings. The van der Waals surface area contributed by atoms with Gasteiger partial charge in [-0.2, -0.15) is 0 Å². The molecule has 3 rings (SSSR count). The second-order valence-electron chi connectivity index (χ2n) is 6.37. The van der Waals surface area contributed by atoms with Crippen LogP contribution in [-0.2, 0) is 6.61 Å². The van der Waals surface area contributed by atoms with Gasteiger partial charge < -0.3 is 10.4 Å². The highest BCUT2D eigenvalue weighted by molar-refractivity contribution is 5.63. The molecule has 2 unspecified atom stereocenters. The number of nitro groups is 1. The molecule has 2 fully saturated rings. The molecule has 21 heavy (non-hydrogen) atoms. The molecule has 2 aliphatic carbocycles. The van der Waals surface area contributed by atoms with Crippen molar-refractivity contribution in [3.63, 3.8) is 0 Å². The van der Waals surface area contributed by atoms with E-state index in [4.69, 9.17) is 0 Å². The molecule has 0 radical (unpaired) electrons. The van der Waals surface area contributed by atoms with Crippen molar-refractivity contribution >= 4 is 11.4 Å². The van der Waals surface area contributed by atoms with Crippen molar-refractivity contribution < 1.29 is 10.0 Å². The summed E-state index contributed by atoms with van der Waals surface area (Å²) in [7, 11) is 0. The predicted molar refractivity (Wildman–Crippen MR) is 81.1 cm³/mol. The number of aliphatic hydroxyl groups is 1. The monoisotopic (exact) mass is 290 g/mol. The second kappa shape index (κ2) is 6.02. The number of hydrogen-bond acceptors (Lipinski definition) is 4. The summed E-state index contributed by atoms with van der Waals surface area (Å²) >= 11 is 0. The summed E-state index contributed by atoms with van der Waals surface area (Å²) in [4.78, 5) is 10.8. The maximum Gasteiger partial charge on any atom is 0.292 e. The van der Waals surface area contributed by atoms with E-state index in [9.17, 15) is 15.2 Å². The number of nitrogens with zero attached hydrogens (tertiary/aromatic N) is 1. The smallest absolute Gasteiger partial charge is 0.292 e. The molecule has 0 aromatic heterocycles. The minimum absolute atomic E-state index is 0.0952. The molecule has 5 nitrogen and oxygen atoms in total. The third kappa shape index (κ3) is 3.35. The molecule has 1 aromatic carbocycles. The first-order chi connectivity index (χ1) is 10.2. The first-order valence-corrected chi connectivity index (χ1v) is 7.82. The Balaban J connectivity index is 1.74. The lowest BCUT2D eigenvalue weighted by molar-refractivity contribution is -0.384. The molecule has 0 amide bonds. The minimum atomic E-state index is -0.356. The van der Waals surface area contributed by atoms with Gasteiger partial charge in [0.1, 0.15) is 5.69 Å². The maximum atomic E-state index is 11.1. The summed E-state index contributed by atoms with van der Waals surface area (Å²) in [5.74, 6) is 1.68. The predicted octanol–water partition coefficient (Wildman–Crippen LogP) is 3.47. The summed E-state index contributed by atoms with van der Waals surface area (Å²) in [5.41, 5.74) is 1.35. The van der Waals surface area contributed by atoms with E-state index < -0.39 is 0 Å². The SMILES string of the molecule is O=[N+]([O-])c1ccc(CO)cc1NC1CCCC(C2CC2)C1. The van der Waals surface area contributed by atoms with Gasteiger partial charge in [-0.25, -0.2) is 0 Å². The van der Waals surface area contributed by atoms with Crippen LogP contribution < -0.4 is 5.32 Å². The molecule has 2 aliphatic rings. The Morgan fingerprint density at radius 1 is 1.24 bits per heavy atom.